The molecular weight excluding hydrogens is 259 g/mol. The summed E-state index contributed by atoms with van der Waals surface area (Å²) in [6.07, 6.45) is -4.18. The van der Waals surface area contributed by atoms with Crippen LogP contribution in [0, 0.1) is 5.92 Å². The van der Waals surface area contributed by atoms with Gasteiger partial charge in [0.05, 0.1) is 5.71 Å². The molecule has 7 heteroatoms. The van der Waals surface area contributed by atoms with Gasteiger partial charge in [0, 0.05) is 17.9 Å². The molecule has 4 nitrogen and oxygen atoms in total. The van der Waals surface area contributed by atoms with Crippen molar-refractivity contribution < 1.29 is 17.9 Å². The average molecular weight is 271 g/mol. The highest BCUT2D eigenvalue weighted by atomic mass is 19.4. The van der Waals surface area contributed by atoms with Gasteiger partial charge in [-0.1, -0.05) is 19.1 Å². The third-order valence-electron chi connectivity index (χ3n) is 2.63. The van der Waals surface area contributed by atoms with Crippen LogP contribution in [0.1, 0.15) is 18.9 Å². The molecule has 0 bridgehead atoms. The fourth-order valence-electron chi connectivity index (χ4n) is 1.86. The molecule has 0 aliphatic carbocycles. The topological polar surface area (TPSA) is 60.0 Å². The second-order valence-corrected chi connectivity index (χ2v) is 4.26. The number of benzene rings is 1. The summed E-state index contributed by atoms with van der Waals surface area (Å²) >= 11 is 0. The minimum atomic E-state index is -4.71. The number of ether oxygens (including phenoxy) is 1. The van der Waals surface area contributed by atoms with Crippen LogP contribution in [0.4, 0.5) is 13.2 Å². The molecule has 0 amide bonds. The molecule has 0 spiro atoms. The number of rotatable bonds is 2. The normalized spacial score (nSPS) is 19.7. The second kappa shape index (κ2) is 4.91. The van der Waals surface area contributed by atoms with Crippen molar-refractivity contribution in [3.8, 4) is 5.75 Å². The standard InChI is InChI=1S/C12H12F3N3O/c1-7-5-10(16)17-18-11(7)8-3-2-4-9(6-8)19-12(13,14)15/h2-4,6-7H,5H2,1H3,(H2,16,17). The summed E-state index contributed by atoms with van der Waals surface area (Å²) in [5.41, 5.74) is 6.69. The number of nitrogens with two attached hydrogens (primary N) is 1. The zero-order valence-corrected chi connectivity index (χ0v) is 10.1. The molecule has 0 saturated heterocycles. The lowest BCUT2D eigenvalue weighted by molar-refractivity contribution is -0.274. The number of amidine groups is 1. The lowest BCUT2D eigenvalue weighted by Gasteiger charge is -2.18. The van der Waals surface area contributed by atoms with Gasteiger partial charge in [0.15, 0.2) is 0 Å². The summed E-state index contributed by atoms with van der Waals surface area (Å²) in [5, 5.41) is 7.70. The Morgan fingerprint density at radius 3 is 2.68 bits per heavy atom. The Bertz CT molecular complexity index is 537. The van der Waals surface area contributed by atoms with E-state index >= 15 is 0 Å². The van der Waals surface area contributed by atoms with Crippen molar-refractivity contribution in [3.05, 3.63) is 29.8 Å². The lowest BCUT2D eigenvalue weighted by Crippen LogP contribution is -2.25. The van der Waals surface area contributed by atoms with E-state index in [1.54, 1.807) is 6.07 Å². The Morgan fingerprint density at radius 1 is 1.32 bits per heavy atom. The predicted molar refractivity (Wildman–Crippen MR) is 65.1 cm³/mol. The molecule has 1 aromatic carbocycles. The van der Waals surface area contributed by atoms with Crippen LogP contribution in [0.2, 0.25) is 0 Å². The Labute approximate surface area is 107 Å². The van der Waals surface area contributed by atoms with Crippen LogP contribution in [-0.4, -0.2) is 17.9 Å². The SMILES string of the molecule is CC1CC(N)=NN=C1c1cccc(OC(F)(F)F)c1. The van der Waals surface area contributed by atoms with Gasteiger partial charge in [-0.15, -0.1) is 18.3 Å². The maximum Gasteiger partial charge on any atom is 0.573 e. The maximum atomic E-state index is 12.2. The molecule has 0 radical (unpaired) electrons. The first-order chi connectivity index (χ1) is 8.85. The van der Waals surface area contributed by atoms with E-state index in [0.29, 0.717) is 23.5 Å². The lowest BCUT2D eigenvalue weighted by atomic mass is 9.94. The van der Waals surface area contributed by atoms with Gasteiger partial charge in [-0.05, 0) is 12.1 Å². The van der Waals surface area contributed by atoms with Crippen LogP contribution in [0.5, 0.6) is 5.75 Å². The molecule has 102 valence electrons. The highest BCUT2D eigenvalue weighted by Gasteiger charge is 2.31. The van der Waals surface area contributed by atoms with Crippen molar-refractivity contribution in [1.82, 2.24) is 0 Å². The van der Waals surface area contributed by atoms with E-state index in [-0.39, 0.29) is 11.7 Å². The summed E-state index contributed by atoms with van der Waals surface area (Å²) < 4.78 is 40.3. The van der Waals surface area contributed by atoms with Gasteiger partial charge < -0.3 is 10.5 Å². The van der Waals surface area contributed by atoms with Gasteiger partial charge in [-0.25, -0.2) is 0 Å². The minimum absolute atomic E-state index is 0.00126. The summed E-state index contributed by atoms with van der Waals surface area (Å²) in [7, 11) is 0. The molecule has 2 N–H and O–H groups in total. The van der Waals surface area contributed by atoms with E-state index in [4.69, 9.17) is 5.73 Å². The minimum Gasteiger partial charge on any atom is -0.406 e. The zero-order chi connectivity index (χ0) is 14.0. The molecule has 1 unspecified atom stereocenters. The molecule has 1 aliphatic heterocycles. The second-order valence-electron chi connectivity index (χ2n) is 4.26. The number of halogens is 3. The fraction of sp³-hybridized carbons (Fsp3) is 0.333. The molecule has 2 rings (SSSR count). The van der Waals surface area contributed by atoms with Gasteiger partial charge in [0.2, 0.25) is 0 Å². The largest absolute Gasteiger partial charge is 0.573 e. The first kappa shape index (κ1) is 13.4. The van der Waals surface area contributed by atoms with Crippen LogP contribution in [-0.2, 0) is 0 Å². The quantitative estimate of drug-likeness (QED) is 0.899. The number of alkyl halides is 3. The van der Waals surface area contributed by atoms with Gasteiger partial charge in [0.1, 0.15) is 11.6 Å². The van der Waals surface area contributed by atoms with E-state index in [2.05, 4.69) is 14.9 Å². The summed E-state index contributed by atoms with van der Waals surface area (Å²) in [6, 6.07) is 5.67. The van der Waals surface area contributed by atoms with Crippen LogP contribution in [0.25, 0.3) is 0 Å². The van der Waals surface area contributed by atoms with Crippen molar-refractivity contribution in [3.63, 3.8) is 0 Å². The third-order valence-corrected chi connectivity index (χ3v) is 2.63. The van der Waals surface area contributed by atoms with E-state index in [0.717, 1.165) is 0 Å². The van der Waals surface area contributed by atoms with Gasteiger partial charge >= 0.3 is 6.36 Å². The van der Waals surface area contributed by atoms with Crippen molar-refractivity contribution >= 4 is 11.5 Å². The molecule has 0 saturated carbocycles. The Hall–Kier alpha value is -2.05. The van der Waals surface area contributed by atoms with Crippen LogP contribution in [0.15, 0.2) is 34.5 Å². The van der Waals surface area contributed by atoms with Crippen molar-refractivity contribution in [1.29, 1.82) is 0 Å². The number of nitrogens with zero attached hydrogens (tertiary/aromatic N) is 2. The highest BCUT2D eigenvalue weighted by molar-refractivity contribution is 6.05. The van der Waals surface area contributed by atoms with Gasteiger partial charge in [0.25, 0.3) is 0 Å². The molecule has 1 aliphatic rings. The summed E-state index contributed by atoms with van der Waals surface area (Å²) in [4.78, 5) is 0. The van der Waals surface area contributed by atoms with Crippen LogP contribution >= 0.6 is 0 Å². The van der Waals surface area contributed by atoms with E-state index < -0.39 is 6.36 Å². The molecule has 1 heterocycles. The van der Waals surface area contributed by atoms with Crippen molar-refractivity contribution in [2.45, 2.75) is 19.7 Å². The molecule has 0 fully saturated rings. The molecular formula is C12H12F3N3O. The molecule has 0 aromatic heterocycles. The first-order valence-corrected chi connectivity index (χ1v) is 5.61. The summed E-state index contributed by atoms with van der Waals surface area (Å²) in [6.45, 7) is 1.89. The Balaban J connectivity index is 2.29. The first-order valence-electron chi connectivity index (χ1n) is 5.61. The Kier molecular flexibility index (Phi) is 3.46. The average Bonchev–Trinajstić information content (AvgIpc) is 2.26. The van der Waals surface area contributed by atoms with Crippen LogP contribution < -0.4 is 10.5 Å². The third kappa shape index (κ3) is 3.46. The van der Waals surface area contributed by atoms with Gasteiger partial charge in [-0.3, -0.25) is 0 Å². The highest BCUT2D eigenvalue weighted by Crippen LogP contribution is 2.25. The van der Waals surface area contributed by atoms with Gasteiger partial charge in [-0.2, -0.15) is 5.10 Å². The number of hydrogen-bond donors (Lipinski definition) is 1. The van der Waals surface area contributed by atoms with Crippen molar-refractivity contribution in [2.75, 3.05) is 0 Å². The molecule has 19 heavy (non-hydrogen) atoms. The predicted octanol–water partition coefficient (Wildman–Crippen LogP) is 2.69. The van der Waals surface area contributed by atoms with E-state index in [9.17, 15) is 13.2 Å². The monoisotopic (exact) mass is 271 g/mol. The van der Waals surface area contributed by atoms with E-state index in [1.165, 1.54) is 18.2 Å². The van der Waals surface area contributed by atoms with Crippen LogP contribution in [0.3, 0.4) is 0 Å². The number of hydrogen-bond acceptors (Lipinski definition) is 4. The summed E-state index contributed by atoms with van der Waals surface area (Å²) in [5.74, 6) is 0.139. The molecule has 1 aromatic rings. The fourth-order valence-corrected chi connectivity index (χ4v) is 1.86. The molecule has 1 atom stereocenters. The van der Waals surface area contributed by atoms with E-state index in [1.807, 2.05) is 6.92 Å². The van der Waals surface area contributed by atoms with Crippen molar-refractivity contribution in [2.24, 2.45) is 21.9 Å². The maximum absolute atomic E-state index is 12.2. The smallest absolute Gasteiger partial charge is 0.406 e. The Morgan fingerprint density at radius 2 is 2.05 bits per heavy atom. The zero-order valence-electron chi connectivity index (χ0n) is 10.1.